The van der Waals surface area contributed by atoms with Crippen LogP contribution in [0.25, 0.3) is 5.69 Å². The van der Waals surface area contributed by atoms with Crippen LogP contribution in [0.3, 0.4) is 0 Å². The van der Waals surface area contributed by atoms with Crippen molar-refractivity contribution in [1.29, 1.82) is 0 Å². The van der Waals surface area contributed by atoms with E-state index in [0.717, 1.165) is 19.2 Å². The van der Waals surface area contributed by atoms with E-state index in [1.165, 1.54) is 0 Å². The van der Waals surface area contributed by atoms with Crippen molar-refractivity contribution in [3.8, 4) is 5.69 Å². The second-order valence-electron chi connectivity index (χ2n) is 5.06. The van der Waals surface area contributed by atoms with Crippen LogP contribution in [0, 0.1) is 12.7 Å². The Kier molecular flexibility index (Phi) is 4.83. The molecule has 1 N–H and O–H groups in total. The van der Waals surface area contributed by atoms with E-state index >= 15 is 0 Å². The Morgan fingerprint density at radius 2 is 1.88 bits per heavy atom. The molecule has 0 unspecified atom stereocenters. The third-order valence-corrected chi connectivity index (χ3v) is 3.99. The lowest BCUT2D eigenvalue weighted by Crippen LogP contribution is -2.28. The summed E-state index contributed by atoms with van der Waals surface area (Å²) in [5.74, 6) is -1.07. The van der Waals surface area contributed by atoms with Gasteiger partial charge in [-0.05, 0) is 19.1 Å². The summed E-state index contributed by atoms with van der Waals surface area (Å²) < 4.78 is 77.5. The molecule has 0 aliphatic rings. The van der Waals surface area contributed by atoms with Gasteiger partial charge in [-0.2, -0.15) is 23.0 Å². The lowest BCUT2D eigenvalue weighted by Gasteiger charge is -2.14. The van der Waals surface area contributed by atoms with Crippen molar-refractivity contribution >= 4 is 27.3 Å². The minimum atomic E-state index is -4.79. The molecule has 0 spiro atoms. The van der Waals surface area contributed by atoms with E-state index < -0.39 is 44.4 Å². The summed E-state index contributed by atoms with van der Waals surface area (Å²) in [4.78, 5) is 12.1. The molecule has 0 fully saturated rings. The maximum absolute atomic E-state index is 14.1. The van der Waals surface area contributed by atoms with E-state index in [1.807, 2.05) is 4.72 Å². The van der Waals surface area contributed by atoms with Gasteiger partial charge < -0.3 is 0 Å². The number of hydrogen-bond acceptors (Lipinski definition) is 4. The van der Waals surface area contributed by atoms with Crippen molar-refractivity contribution in [1.82, 2.24) is 9.78 Å². The Morgan fingerprint density at radius 1 is 1.28 bits per heavy atom. The number of nitrogens with one attached hydrogen (secondary N) is 1. The molecule has 0 atom stereocenters. The highest BCUT2D eigenvalue weighted by atomic mass is 35.5. The Bertz CT molecular complexity index is 1000. The van der Waals surface area contributed by atoms with Crippen molar-refractivity contribution in [3.05, 3.63) is 50.7 Å². The topological polar surface area (TPSA) is 81.1 Å². The zero-order chi connectivity index (χ0) is 19.2. The molecule has 0 amide bonds. The fourth-order valence-electron chi connectivity index (χ4n) is 1.97. The molecule has 6 nitrogen and oxygen atoms in total. The number of nitrogens with zero attached hydrogens (tertiary/aromatic N) is 2. The van der Waals surface area contributed by atoms with Crippen LogP contribution in [0.15, 0.2) is 23.1 Å². The standard InChI is InChI=1S/C13H10ClF4N3O3S/c1-6-7(13(16,17)18)5-19-21(12(6)22)11-4-10(20-25(2,23)24)8(14)3-9(11)15/h3-5,20H,1-2H3. The van der Waals surface area contributed by atoms with Gasteiger partial charge in [0.25, 0.3) is 5.56 Å². The van der Waals surface area contributed by atoms with Gasteiger partial charge in [0, 0.05) is 5.56 Å². The van der Waals surface area contributed by atoms with E-state index in [-0.39, 0.29) is 10.7 Å². The Labute approximate surface area is 144 Å². The van der Waals surface area contributed by atoms with Gasteiger partial charge >= 0.3 is 6.18 Å². The third-order valence-electron chi connectivity index (χ3n) is 3.08. The van der Waals surface area contributed by atoms with Crippen LogP contribution < -0.4 is 10.3 Å². The van der Waals surface area contributed by atoms with Crippen LogP contribution in [0.5, 0.6) is 0 Å². The summed E-state index contributed by atoms with van der Waals surface area (Å²) in [5, 5.41) is 3.03. The second kappa shape index (κ2) is 6.30. The normalized spacial score (nSPS) is 12.3. The number of sulfonamides is 1. The van der Waals surface area contributed by atoms with Gasteiger partial charge in [-0.3, -0.25) is 9.52 Å². The maximum atomic E-state index is 14.1. The van der Waals surface area contributed by atoms with Crippen LogP contribution in [-0.4, -0.2) is 24.5 Å². The fraction of sp³-hybridized carbons (Fsp3) is 0.231. The third kappa shape index (κ3) is 4.10. The van der Waals surface area contributed by atoms with E-state index in [9.17, 15) is 30.8 Å². The molecular weight excluding hydrogens is 390 g/mol. The molecule has 1 aromatic heterocycles. The fourth-order valence-corrected chi connectivity index (χ4v) is 2.80. The maximum Gasteiger partial charge on any atom is 0.418 e. The molecule has 0 radical (unpaired) electrons. The molecule has 0 bridgehead atoms. The summed E-state index contributed by atoms with van der Waals surface area (Å²) in [6, 6.07) is 1.57. The summed E-state index contributed by atoms with van der Waals surface area (Å²) in [5.41, 5.74) is -3.96. The molecule has 136 valence electrons. The lowest BCUT2D eigenvalue weighted by atomic mass is 10.2. The average molecular weight is 400 g/mol. The van der Waals surface area contributed by atoms with E-state index in [4.69, 9.17) is 11.6 Å². The zero-order valence-corrected chi connectivity index (χ0v) is 14.2. The van der Waals surface area contributed by atoms with Crippen LogP contribution in [0.4, 0.5) is 23.2 Å². The molecule has 1 aromatic carbocycles. The van der Waals surface area contributed by atoms with E-state index in [1.54, 1.807) is 0 Å². The number of rotatable bonds is 3. The molecule has 2 aromatic rings. The number of halogens is 5. The van der Waals surface area contributed by atoms with Crippen LogP contribution in [0.1, 0.15) is 11.1 Å². The minimum absolute atomic E-state index is 0.258. The molecule has 25 heavy (non-hydrogen) atoms. The lowest BCUT2D eigenvalue weighted by molar-refractivity contribution is -0.138. The number of benzene rings is 1. The predicted molar refractivity (Wildman–Crippen MR) is 83.0 cm³/mol. The highest BCUT2D eigenvalue weighted by Gasteiger charge is 2.34. The van der Waals surface area contributed by atoms with Gasteiger partial charge in [0.2, 0.25) is 10.0 Å². The van der Waals surface area contributed by atoms with Gasteiger partial charge in [0.1, 0.15) is 5.69 Å². The number of aromatic nitrogens is 2. The number of alkyl halides is 3. The van der Waals surface area contributed by atoms with E-state index in [0.29, 0.717) is 16.9 Å². The predicted octanol–water partition coefficient (Wildman–Crippen LogP) is 2.72. The summed E-state index contributed by atoms with van der Waals surface area (Å²) in [6.07, 6.45) is -3.59. The monoisotopic (exact) mass is 399 g/mol. The van der Waals surface area contributed by atoms with Crippen molar-refractivity contribution in [2.75, 3.05) is 11.0 Å². The highest BCUT2D eigenvalue weighted by Crippen LogP contribution is 2.31. The average Bonchev–Trinajstić information content (AvgIpc) is 2.42. The molecule has 12 heteroatoms. The summed E-state index contributed by atoms with van der Waals surface area (Å²) >= 11 is 5.73. The summed E-state index contributed by atoms with van der Waals surface area (Å²) in [6.45, 7) is 0.923. The van der Waals surface area contributed by atoms with Crippen LogP contribution in [0.2, 0.25) is 5.02 Å². The zero-order valence-electron chi connectivity index (χ0n) is 12.6. The van der Waals surface area contributed by atoms with Crippen molar-refractivity contribution in [2.24, 2.45) is 0 Å². The molecular formula is C13H10ClF4N3O3S. The van der Waals surface area contributed by atoms with Gasteiger partial charge in [-0.1, -0.05) is 11.6 Å². The second-order valence-corrected chi connectivity index (χ2v) is 7.21. The number of hydrogen-bond donors (Lipinski definition) is 1. The number of anilines is 1. The van der Waals surface area contributed by atoms with Gasteiger partial charge in [-0.15, -0.1) is 0 Å². The first-order chi connectivity index (χ1) is 11.3. The van der Waals surface area contributed by atoms with Gasteiger partial charge in [0.15, 0.2) is 5.82 Å². The van der Waals surface area contributed by atoms with Crippen molar-refractivity contribution in [3.63, 3.8) is 0 Å². The van der Waals surface area contributed by atoms with Crippen LogP contribution >= 0.6 is 11.6 Å². The molecule has 0 saturated carbocycles. The quantitative estimate of drug-likeness (QED) is 0.805. The van der Waals surface area contributed by atoms with E-state index in [2.05, 4.69) is 5.10 Å². The first-order valence-corrected chi connectivity index (χ1v) is 8.71. The Balaban J connectivity index is 2.69. The molecule has 2 rings (SSSR count). The first kappa shape index (κ1) is 19.2. The SMILES string of the molecule is Cc1c(C(F)(F)F)cnn(-c2cc(NS(C)(=O)=O)c(Cl)cc2F)c1=O. The highest BCUT2D eigenvalue weighted by molar-refractivity contribution is 7.92. The van der Waals surface area contributed by atoms with Gasteiger partial charge in [0.05, 0.1) is 28.7 Å². The molecule has 1 heterocycles. The molecule has 0 aliphatic carbocycles. The Hall–Kier alpha value is -2.14. The summed E-state index contributed by atoms with van der Waals surface area (Å²) in [7, 11) is -3.77. The smallest absolute Gasteiger partial charge is 0.282 e. The van der Waals surface area contributed by atoms with Gasteiger partial charge in [-0.25, -0.2) is 12.8 Å². The van der Waals surface area contributed by atoms with Crippen molar-refractivity contribution < 1.29 is 26.0 Å². The molecule has 0 aliphatic heterocycles. The van der Waals surface area contributed by atoms with Crippen LogP contribution in [-0.2, 0) is 16.2 Å². The minimum Gasteiger partial charge on any atom is -0.282 e. The van der Waals surface area contributed by atoms with Crippen molar-refractivity contribution in [2.45, 2.75) is 13.1 Å². The Morgan fingerprint density at radius 3 is 2.40 bits per heavy atom. The largest absolute Gasteiger partial charge is 0.418 e. The molecule has 0 saturated heterocycles. The first-order valence-electron chi connectivity index (χ1n) is 6.44.